The molecule has 3 heteroatoms. The van der Waals surface area contributed by atoms with Crippen LogP contribution in [0.15, 0.2) is 28.9 Å². The zero-order chi connectivity index (χ0) is 11.1. The number of hydrogen-bond acceptors (Lipinski definition) is 2. The minimum atomic E-state index is 0.616. The molecule has 1 heterocycles. The fourth-order valence-electron chi connectivity index (χ4n) is 2.77. The number of nitrogens with zero attached hydrogens (tertiary/aromatic N) is 1. The molecule has 0 radical (unpaired) electrons. The van der Waals surface area contributed by atoms with E-state index in [1.807, 2.05) is 13.0 Å². The standard InChI is InChI=1S/C13H15BrN2/c1-8-11(5-6-13(14)15-8)16-12-7-9-3-2-4-10(9)12/h2,4-6,9-10,12,16H,3,7H2,1H3. The second kappa shape index (κ2) is 3.88. The summed E-state index contributed by atoms with van der Waals surface area (Å²) in [5.41, 5.74) is 2.24. The predicted octanol–water partition coefficient (Wildman–Crippen LogP) is 3.53. The van der Waals surface area contributed by atoms with E-state index >= 15 is 0 Å². The molecular weight excluding hydrogens is 264 g/mol. The second-order valence-electron chi connectivity index (χ2n) is 4.75. The number of halogens is 1. The molecule has 0 amide bonds. The molecule has 1 aromatic heterocycles. The quantitative estimate of drug-likeness (QED) is 0.661. The van der Waals surface area contributed by atoms with Crippen LogP contribution in [0.4, 0.5) is 5.69 Å². The van der Waals surface area contributed by atoms with Crippen molar-refractivity contribution >= 4 is 21.6 Å². The fourth-order valence-corrected chi connectivity index (χ4v) is 3.16. The van der Waals surface area contributed by atoms with Crippen molar-refractivity contribution in [1.29, 1.82) is 0 Å². The van der Waals surface area contributed by atoms with Gasteiger partial charge >= 0.3 is 0 Å². The summed E-state index contributed by atoms with van der Waals surface area (Å²) in [6.07, 6.45) is 7.27. The lowest BCUT2D eigenvalue weighted by Crippen LogP contribution is -2.43. The summed E-state index contributed by atoms with van der Waals surface area (Å²) in [5, 5.41) is 3.61. The highest BCUT2D eigenvalue weighted by molar-refractivity contribution is 9.10. The molecule has 3 atom stereocenters. The van der Waals surface area contributed by atoms with Crippen LogP contribution in [0.2, 0.25) is 0 Å². The zero-order valence-electron chi connectivity index (χ0n) is 9.28. The molecule has 0 aliphatic heterocycles. The van der Waals surface area contributed by atoms with Gasteiger partial charge in [-0.1, -0.05) is 12.2 Å². The Hall–Kier alpha value is -0.830. The fraction of sp³-hybridized carbons (Fsp3) is 0.462. The van der Waals surface area contributed by atoms with Gasteiger partial charge in [-0.05, 0) is 53.7 Å². The Morgan fingerprint density at radius 2 is 2.31 bits per heavy atom. The van der Waals surface area contributed by atoms with E-state index < -0.39 is 0 Å². The molecule has 2 nitrogen and oxygen atoms in total. The number of allylic oxidation sites excluding steroid dienone is 1. The topological polar surface area (TPSA) is 24.9 Å². The van der Waals surface area contributed by atoms with Gasteiger partial charge in [0.1, 0.15) is 4.60 Å². The SMILES string of the molecule is Cc1nc(Br)ccc1NC1CC2CC=CC21. The van der Waals surface area contributed by atoms with Crippen molar-refractivity contribution in [3.63, 3.8) is 0 Å². The van der Waals surface area contributed by atoms with Crippen molar-refractivity contribution in [2.24, 2.45) is 11.8 Å². The van der Waals surface area contributed by atoms with Crippen LogP contribution in [-0.2, 0) is 0 Å². The summed E-state index contributed by atoms with van der Waals surface area (Å²) in [5.74, 6) is 1.66. The van der Waals surface area contributed by atoms with Crippen LogP contribution in [0.5, 0.6) is 0 Å². The highest BCUT2D eigenvalue weighted by Crippen LogP contribution is 2.44. The van der Waals surface area contributed by atoms with Gasteiger partial charge in [0.25, 0.3) is 0 Å². The number of anilines is 1. The van der Waals surface area contributed by atoms with Gasteiger partial charge in [-0.15, -0.1) is 0 Å². The molecule has 16 heavy (non-hydrogen) atoms. The van der Waals surface area contributed by atoms with Crippen LogP contribution in [0.25, 0.3) is 0 Å². The lowest BCUT2D eigenvalue weighted by atomic mass is 9.71. The summed E-state index contributed by atoms with van der Waals surface area (Å²) in [7, 11) is 0. The molecule has 84 valence electrons. The summed E-state index contributed by atoms with van der Waals surface area (Å²) in [4.78, 5) is 4.41. The molecule has 2 aliphatic rings. The van der Waals surface area contributed by atoms with Gasteiger partial charge in [0, 0.05) is 12.0 Å². The smallest absolute Gasteiger partial charge is 0.106 e. The minimum Gasteiger partial charge on any atom is -0.380 e. The lowest BCUT2D eigenvalue weighted by Gasteiger charge is -2.41. The number of hydrogen-bond donors (Lipinski definition) is 1. The van der Waals surface area contributed by atoms with E-state index in [1.165, 1.54) is 18.5 Å². The zero-order valence-corrected chi connectivity index (χ0v) is 10.9. The average molecular weight is 279 g/mol. The van der Waals surface area contributed by atoms with Gasteiger partial charge < -0.3 is 5.32 Å². The first kappa shape index (κ1) is 10.3. The molecular formula is C13H15BrN2. The van der Waals surface area contributed by atoms with Crippen LogP contribution < -0.4 is 5.32 Å². The maximum absolute atomic E-state index is 4.41. The van der Waals surface area contributed by atoms with Gasteiger partial charge in [0.15, 0.2) is 0 Å². The van der Waals surface area contributed by atoms with Crippen LogP contribution >= 0.6 is 15.9 Å². The van der Waals surface area contributed by atoms with E-state index in [4.69, 9.17) is 0 Å². The first-order chi connectivity index (χ1) is 7.74. The Labute approximate surface area is 104 Å². The van der Waals surface area contributed by atoms with E-state index in [2.05, 4.69) is 44.4 Å². The number of aromatic nitrogens is 1. The van der Waals surface area contributed by atoms with Crippen molar-refractivity contribution in [1.82, 2.24) is 4.98 Å². The van der Waals surface area contributed by atoms with Gasteiger partial charge in [-0.25, -0.2) is 4.98 Å². The number of aryl methyl sites for hydroxylation is 1. The van der Waals surface area contributed by atoms with Gasteiger partial charge in [0.05, 0.1) is 11.4 Å². The van der Waals surface area contributed by atoms with Crippen LogP contribution in [0, 0.1) is 18.8 Å². The molecule has 3 unspecified atom stereocenters. The molecule has 0 spiro atoms. The van der Waals surface area contributed by atoms with E-state index in [-0.39, 0.29) is 0 Å². The van der Waals surface area contributed by atoms with Gasteiger partial charge in [-0.2, -0.15) is 0 Å². The minimum absolute atomic E-state index is 0.616. The van der Waals surface area contributed by atoms with E-state index in [0.29, 0.717) is 6.04 Å². The number of pyridine rings is 1. The Bertz CT molecular complexity index is 442. The monoisotopic (exact) mass is 278 g/mol. The largest absolute Gasteiger partial charge is 0.380 e. The third kappa shape index (κ3) is 1.67. The summed E-state index contributed by atoms with van der Waals surface area (Å²) < 4.78 is 0.905. The third-order valence-electron chi connectivity index (χ3n) is 3.76. The Morgan fingerprint density at radius 1 is 1.44 bits per heavy atom. The molecule has 3 rings (SSSR count). The number of rotatable bonds is 2. The average Bonchev–Trinajstić information content (AvgIpc) is 2.59. The van der Waals surface area contributed by atoms with Crippen molar-refractivity contribution in [3.05, 3.63) is 34.6 Å². The second-order valence-corrected chi connectivity index (χ2v) is 5.57. The Balaban J connectivity index is 1.73. The maximum atomic E-state index is 4.41. The Morgan fingerprint density at radius 3 is 3.06 bits per heavy atom. The molecule has 1 saturated carbocycles. The highest BCUT2D eigenvalue weighted by Gasteiger charge is 2.40. The summed E-state index contributed by atoms with van der Waals surface area (Å²) >= 11 is 3.39. The van der Waals surface area contributed by atoms with Crippen molar-refractivity contribution in [3.8, 4) is 0 Å². The molecule has 1 fully saturated rings. The number of nitrogens with one attached hydrogen (secondary N) is 1. The van der Waals surface area contributed by atoms with Crippen molar-refractivity contribution in [2.45, 2.75) is 25.8 Å². The molecule has 0 saturated heterocycles. The number of fused-ring (bicyclic) bond motifs is 1. The summed E-state index contributed by atoms with van der Waals surface area (Å²) in [6, 6.07) is 4.72. The first-order valence-electron chi connectivity index (χ1n) is 5.80. The molecule has 1 aromatic rings. The predicted molar refractivity (Wildman–Crippen MR) is 69.4 cm³/mol. The lowest BCUT2D eigenvalue weighted by molar-refractivity contribution is 0.218. The first-order valence-corrected chi connectivity index (χ1v) is 6.59. The Kier molecular flexibility index (Phi) is 2.51. The van der Waals surface area contributed by atoms with Crippen LogP contribution in [-0.4, -0.2) is 11.0 Å². The molecule has 2 aliphatic carbocycles. The molecule has 1 N–H and O–H groups in total. The maximum Gasteiger partial charge on any atom is 0.106 e. The highest BCUT2D eigenvalue weighted by atomic mass is 79.9. The van der Waals surface area contributed by atoms with Gasteiger partial charge in [0.2, 0.25) is 0 Å². The summed E-state index contributed by atoms with van der Waals surface area (Å²) in [6.45, 7) is 2.05. The van der Waals surface area contributed by atoms with Crippen LogP contribution in [0.3, 0.4) is 0 Å². The van der Waals surface area contributed by atoms with E-state index in [1.54, 1.807) is 0 Å². The molecule has 0 bridgehead atoms. The van der Waals surface area contributed by atoms with Gasteiger partial charge in [-0.3, -0.25) is 0 Å². The normalized spacial score (nSPS) is 31.0. The van der Waals surface area contributed by atoms with E-state index in [9.17, 15) is 0 Å². The van der Waals surface area contributed by atoms with Crippen molar-refractivity contribution in [2.75, 3.05) is 5.32 Å². The van der Waals surface area contributed by atoms with Crippen molar-refractivity contribution < 1.29 is 0 Å². The third-order valence-corrected chi connectivity index (χ3v) is 4.20. The van der Waals surface area contributed by atoms with Crippen LogP contribution in [0.1, 0.15) is 18.5 Å². The van der Waals surface area contributed by atoms with E-state index in [0.717, 1.165) is 22.1 Å². The molecule has 0 aromatic carbocycles.